The van der Waals surface area contributed by atoms with Gasteiger partial charge >= 0.3 is 6.09 Å². The largest absolute Gasteiger partial charge is 0.496 e. The standard InChI is InChI=1S/C40H46BrN5O8/c1-9-22-19-40(22,36(42)49)45-34(47)25-17-23(20-46(25)35(48)33(38(2,3)4)44-37(50)54-39(5,6)7)52-28-18-24(21-13-11-10-12-14-21)43-31-29-26(53-32(28)31)15-16-27(51-8)30(29)41/h9-16,18,22-23,25,33H,1,17,19-20H2,2-8H3,(H2,42,49)(H,44,50)(H,45,47). The minimum Gasteiger partial charge on any atom is -0.496 e. The van der Waals surface area contributed by atoms with Crippen molar-refractivity contribution in [1.29, 1.82) is 0 Å². The van der Waals surface area contributed by atoms with Crippen molar-refractivity contribution >= 4 is 61.8 Å². The Morgan fingerprint density at radius 3 is 2.39 bits per heavy atom. The highest BCUT2D eigenvalue weighted by molar-refractivity contribution is 9.10. The molecule has 2 fully saturated rings. The zero-order valence-electron chi connectivity index (χ0n) is 31.4. The van der Waals surface area contributed by atoms with Crippen molar-refractivity contribution in [1.82, 2.24) is 20.5 Å². The number of hydrogen-bond donors (Lipinski definition) is 3. The number of hydrogen-bond acceptors (Lipinski definition) is 9. The summed E-state index contributed by atoms with van der Waals surface area (Å²) in [6, 6.07) is 12.7. The molecule has 0 spiro atoms. The number of carbonyl (C=O) groups excluding carboxylic acids is 4. The molecule has 14 heteroatoms. The number of nitrogens with zero attached hydrogens (tertiary/aromatic N) is 2. The van der Waals surface area contributed by atoms with Gasteiger partial charge in [0.2, 0.25) is 17.7 Å². The lowest BCUT2D eigenvalue weighted by Gasteiger charge is -2.36. The number of nitrogens with two attached hydrogens (primary N) is 1. The number of pyridine rings is 1. The monoisotopic (exact) mass is 803 g/mol. The Kier molecular flexibility index (Phi) is 10.2. The van der Waals surface area contributed by atoms with Gasteiger partial charge in [0, 0.05) is 24.0 Å². The Morgan fingerprint density at radius 1 is 1.09 bits per heavy atom. The van der Waals surface area contributed by atoms with Gasteiger partial charge in [-0.25, -0.2) is 9.78 Å². The Morgan fingerprint density at radius 2 is 1.80 bits per heavy atom. The number of furan rings is 1. The molecule has 0 bridgehead atoms. The molecule has 3 heterocycles. The fourth-order valence-electron chi connectivity index (χ4n) is 6.89. The number of aromatic nitrogens is 1. The number of fused-ring (bicyclic) bond motifs is 3. The van der Waals surface area contributed by atoms with Crippen molar-refractivity contribution in [2.24, 2.45) is 17.1 Å². The highest BCUT2D eigenvalue weighted by Crippen LogP contribution is 2.45. The summed E-state index contributed by atoms with van der Waals surface area (Å²) in [5.41, 5.74) is 5.71. The van der Waals surface area contributed by atoms with Crippen molar-refractivity contribution in [2.45, 2.75) is 83.7 Å². The van der Waals surface area contributed by atoms with Crippen molar-refractivity contribution in [3.63, 3.8) is 0 Å². The predicted octanol–water partition coefficient (Wildman–Crippen LogP) is 6.25. The summed E-state index contributed by atoms with van der Waals surface area (Å²) in [5, 5.41) is 6.26. The molecular weight excluding hydrogens is 758 g/mol. The molecule has 4 N–H and O–H groups in total. The number of benzene rings is 2. The highest BCUT2D eigenvalue weighted by Gasteiger charge is 2.60. The van der Waals surface area contributed by atoms with E-state index in [0.29, 0.717) is 50.2 Å². The van der Waals surface area contributed by atoms with Crippen LogP contribution in [0.15, 0.2) is 70.1 Å². The van der Waals surface area contributed by atoms with E-state index in [4.69, 9.17) is 29.3 Å². The van der Waals surface area contributed by atoms with Gasteiger partial charge in [-0.3, -0.25) is 14.4 Å². The molecule has 5 atom stereocenters. The van der Waals surface area contributed by atoms with Gasteiger partial charge in [0.25, 0.3) is 0 Å². The second-order valence-electron chi connectivity index (χ2n) is 15.9. The van der Waals surface area contributed by atoms with Gasteiger partial charge in [-0.1, -0.05) is 57.2 Å². The first-order valence-corrected chi connectivity index (χ1v) is 18.5. The number of primary amides is 1. The van der Waals surface area contributed by atoms with E-state index in [0.717, 1.165) is 5.56 Å². The van der Waals surface area contributed by atoms with Gasteiger partial charge in [0.05, 0.1) is 29.2 Å². The molecule has 1 saturated carbocycles. The van der Waals surface area contributed by atoms with Crippen LogP contribution in [-0.4, -0.2) is 76.7 Å². The van der Waals surface area contributed by atoms with E-state index in [9.17, 15) is 19.2 Å². The first-order valence-electron chi connectivity index (χ1n) is 17.7. The van der Waals surface area contributed by atoms with Crippen molar-refractivity contribution in [2.75, 3.05) is 13.7 Å². The second kappa shape index (κ2) is 14.3. The molecule has 13 nitrogen and oxygen atoms in total. The smallest absolute Gasteiger partial charge is 0.408 e. The number of alkyl carbamates (subject to hydrolysis) is 1. The Hall–Kier alpha value is -5.11. The van der Waals surface area contributed by atoms with Crippen LogP contribution in [0.5, 0.6) is 11.5 Å². The van der Waals surface area contributed by atoms with Crippen LogP contribution in [0, 0.1) is 11.3 Å². The quantitative estimate of drug-likeness (QED) is 0.157. The topological polar surface area (TPSA) is 175 Å². The molecule has 54 heavy (non-hydrogen) atoms. The molecule has 286 valence electrons. The molecule has 6 rings (SSSR count). The summed E-state index contributed by atoms with van der Waals surface area (Å²) < 4.78 is 24.8. The molecule has 4 aromatic rings. The van der Waals surface area contributed by atoms with E-state index < -0.39 is 58.6 Å². The lowest BCUT2D eigenvalue weighted by Crippen LogP contribution is -2.59. The molecule has 2 aromatic heterocycles. The predicted molar refractivity (Wildman–Crippen MR) is 207 cm³/mol. The molecule has 2 aliphatic rings. The third-order valence-corrected chi connectivity index (χ3v) is 10.5. The van der Waals surface area contributed by atoms with E-state index in [2.05, 4.69) is 33.1 Å². The van der Waals surface area contributed by atoms with Gasteiger partial charge < -0.3 is 39.9 Å². The highest BCUT2D eigenvalue weighted by atomic mass is 79.9. The Balaban J connectivity index is 1.40. The summed E-state index contributed by atoms with van der Waals surface area (Å²) in [6.07, 6.45) is 0.424. The van der Waals surface area contributed by atoms with Crippen molar-refractivity contribution in [3.05, 3.63) is 65.7 Å². The first kappa shape index (κ1) is 38.6. The molecule has 4 amide bonds. The van der Waals surface area contributed by atoms with Crippen LogP contribution < -0.4 is 25.8 Å². The van der Waals surface area contributed by atoms with Gasteiger partial charge in [0.1, 0.15) is 46.2 Å². The second-order valence-corrected chi connectivity index (χ2v) is 16.7. The zero-order chi connectivity index (χ0) is 39.3. The summed E-state index contributed by atoms with van der Waals surface area (Å²) in [4.78, 5) is 60.7. The van der Waals surface area contributed by atoms with Crippen LogP contribution in [0.4, 0.5) is 4.79 Å². The summed E-state index contributed by atoms with van der Waals surface area (Å²) in [7, 11) is 1.57. The van der Waals surface area contributed by atoms with Crippen LogP contribution >= 0.6 is 15.9 Å². The van der Waals surface area contributed by atoms with Crippen LogP contribution in [-0.2, 0) is 19.1 Å². The number of carbonyl (C=O) groups is 4. The number of halogens is 1. The van der Waals surface area contributed by atoms with Gasteiger partial charge in [-0.2, -0.15) is 0 Å². The van der Waals surface area contributed by atoms with Crippen molar-refractivity contribution < 1.29 is 37.8 Å². The number of rotatable bonds is 10. The average Bonchev–Trinajstić information content (AvgIpc) is 3.44. The van der Waals surface area contributed by atoms with E-state index in [1.807, 2.05) is 30.3 Å². The number of amides is 4. The minimum absolute atomic E-state index is 0.0316. The molecule has 1 aliphatic heterocycles. The summed E-state index contributed by atoms with van der Waals surface area (Å²) >= 11 is 3.66. The van der Waals surface area contributed by atoms with Crippen LogP contribution in [0.2, 0.25) is 0 Å². The normalized spacial score (nSPS) is 21.7. The van der Waals surface area contributed by atoms with E-state index in [-0.39, 0.29) is 18.9 Å². The number of methoxy groups -OCH3 is 1. The molecule has 5 unspecified atom stereocenters. The molecule has 0 radical (unpaired) electrons. The fraction of sp³-hybridized carbons (Fsp3) is 0.425. The van der Waals surface area contributed by atoms with E-state index >= 15 is 0 Å². The molecular formula is C40H46BrN5O8. The van der Waals surface area contributed by atoms with E-state index in [1.54, 1.807) is 72.9 Å². The fourth-order valence-corrected chi connectivity index (χ4v) is 7.57. The summed E-state index contributed by atoms with van der Waals surface area (Å²) in [5.74, 6) is -1.19. The maximum Gasteiger partial charge on any atom is 0.408 e. The third kappa shape index (κ3) is 7.48. The lowest BCUT2D eigenvalue weighted by atomic mass is 9.85. The van der Waals surface area contributed by atoms with Gasteiger partial charge in [-0.15, -0.1) is 6.58 Å². The SMILES string of the molecule is C=CC1CC1(NC(=O)C1CC(Oc2cc(-c3ccccc3)nc3c2oc2ccc(OC)c(Br)c23)CN1C(=O)C(NC(=O)OC(C)(C)C)C(C)(C)C)C(N)=O. The van der Waals surface area contributed by atoms with Crippen LogP contribution in [0.3, 0.4) is 0 Å². The van der Waals surface area contributed by atoms with Crippen LogP contribution in [0.1, 0.15) is 54.4 Å². The minimum atomic E-state index is -1.31. The maximum absolute atomic E-state index is 14.6. The van der Waals surface area contributed by atoms with Crippen LogP contribution in [0.25, 0.3) is 33.3 Å². The van der Waals surface area contributed by atoms with E-state index in [1.165, 1.54) is 4.90 Å². The lowest BCUT2D eigenvalue weighted by molar-refractivity contribution is -0.143. The number of ether oxygens (including phenoxy) is 3. The zero-order valence-corrected chi connectivity index (χ0v) is 33.0. The number of nitrogens with one attached hydrogen (secondary N) is 2. The maximum atomic E-state index is 14.6. The average molecular weight is 805 g/mol. The molecule has 1 aliphatic carbocycles. The van der Waals surface area contributed by atoms with Crippen molar-refractivity contribution in [3.8, 4) is 22.8 Å². The Labute approximate surface area is 322 Å². The van der Waals surface area contributed by atoms with Gasteiger partial charge in [-0.05, 0) is 60.7 Å². The first-order chi connectivity index (χ1) is 25.4. The third-order valence-electron chi connectivity index (χ3n) is 9.75. The molecule has 1 saturated heterocycles. The summed E-state index contributed by atoms with van der Waals surface area (Å²) in [6.45, 7) is 14.3. The number of likely N-dealkylation sites (tertiary alicyclic amines) is 1. The van der Waals surface area contributed by atoms with Gasteiger partial charge in [0.15, 0.2) is 11.3 Å². The Bertz CT molecular complexity index is 2140. The molecule has 2 aromatic carbocycles.